The molecule has 0 spiro atoms. The fraction of sp³-hybridized carbons (Fsp3) is 0.0588. The van der Waals surface area contributed by atoms with Gasteiger partial charge in [0.1, 0.15) is 17.0 Å². The maximum Gasteiger partial charge on any atom is 0.151 e. The molecule has 24 heavy (non-hydrogen) atoms. The zero-order chi connectivity index (χ0) is 16.5. The molecule has 1 heterocycles. The number of phenolic OH excluding ortho intramolecular Hbond substituents is 1. The highest BCUT2D eigenvalue weighted by Crippen LogP contribution is 2.41. The molecule has 0 radical (unpaired) electrons. The number of aromatic amines is 1. The van der Waals surface area contributed by atoms with Crippen molar-refractivity contribution >= 4 is 33.2 Å². The minimum atomic E-state index is 0.0673. The lowest BCUT2D eigenvalue weighted by Gasteiger charge is -2.09. The van der Waals surface area contributed by atoms with Crippen molar-refractivity contribution in [1.29, 1.82) is 0 Å². The minimum absolute atomic E-state index is 0.0673. The van der Waals surface area contributed by atoms with Gasteiger partial charge in [0.05, 0.1) is 18.3 Å². The molecule has 0 bridgehead atoms. The van der Waals surface area contributed by atoms with Crippen molar-refractivity contribution in [2.24, 2.45) is 10.2 Å². The van der Waals surface area contributed by atoms with E-state index in [1.807, 2.05) is 30.3 Å². The number of hydrogen-bond donors (Lipinski definition) is 2. The topological polar surface area (TPSA) is 95.8 Å². The predicted molar refractivity (Wildman–Crippen MR) is 90.2 cm³/mol. The molecule has 7 nitrogen and oxygen atoms in total. The van der Waals surface area contributed by atoms with Crippen LogP contribution in [0.3, 0.4) is 0 Å². The molecule has 0 amide bonds. The third-order valence-electron chi connectivity index (χ3n) is 3.76. The molecular formula is C17H13N5O2. The van der Waals surface area contributed by atoms with Gasteiger partial charge in [0.15, 0.2) is 5.75 Å². The molecule has 4 aromatic rings. The Kier molecular flexibility index (Phi) is 3.31. The third-order valence-corrected chi connectivity index (χ3v) is 3.76. The number of ether oxygens (including phenoxy) is 1. The van der Waals surface area contributed by atoms with Gasteiger partial charge in [-0.1, -0.05) is 29.5 Å². The van der Waals surface area contributed by atoms with Crippen molar-refractivity contribution in [2.75, 3.05) is 7.11 Å². The lowest BCUT2D eigenvalue weighted by Crippen LogP contribution is -1.85. The van der Waals surface area contributed by atoms with Crippen LogP contribution in [0.25, 0.3) is 21.8 Å². The summed E-state index contributed by atoms with van der Waals surface area (Å²) < 4.78 is 5.39. The zero-order valence-corrected chi connectivity index (χ0v) is 12.8. The molecule has 0 aliphatic carbocycles. The minimum Gasteiger partial charge on any atom is -0.505 e. The van der Waals surface area contributed by atoms with E-state index in [0.717, 1.165) is 10.9 Å². The fourth-order valence-electron chi connectivity index (χ4n) is 2.56. The Morgan fingerprint density at radius 2 is 1.88 bits per heavy atom. The Labute approximate surface area is 136 Å². The van der Waals surface area contributed by atoms with Crippen LogP contribution in [0.1, 0.15) is 0 Å². The van der Waals surface area contributed by atoms with E-state index in [0.29, 0.717) is 28.0 Å². The molecule has 3 aromatic carbocycles. The van der Waals surface area contributed by atoms with Crippen LogP contribution in [-0.4, -0.2) is 27.6 Å². The molecule has 0 fully saturated rings. The summed E-state index contributed by atoms with van der Waals surface area (Å²) in [5, 5.41) is 30.7. The number of aromatic nitrogens is 3. The van der Waals surface area contributed by atoms with Gasteiger partial charge in [-0.3, -0.25) is 5.10 Å². The van der Waals surface area contributed by atoms with E-state index in [4.69, 9.17) is 4.74 Å². The lowest BCUT2D eigenvalue weighted by atomic mass is 10.1. The Hall–Kier alpha value is -3.48. The summed E-state index contributed by atoms with van der Waals surface area (Å²) in [6.07, 6.45) is 0. The van der Waals surface area contributed by atoms with E-state index in [9.17, 15) is 5.11 Å². The van der Waals surface area contributed by atoms with Crippen LogP contribution in [0.4, 0.5) is 11.4 Å². The number of phenols is 1. The summed E-state index contributed by atoms with van der Waals surface area (Å²) in [4.78, 5) is 0. The second kappa shape index (κ2) is 5.62. The molecule has 4 rings (SSSR count). The summed E-state index contributed by atoms with van der Waals surface area (Å²) in [6.45, 7) is 0. The predicted octanol–water partition coefficient (Wildman–Crippen LogP) is 4.24. The lowest BCUT2D eigenvalue weighted by molar-refractivity contribution is 0.418. The molecule has 118 valence electrons. The van der Waals surface area contributed by atoms with E-state index in [1.165, 1.54) is 0 Å². The van der Waals surface area contributed by atoms with Crippen LogP contribution in [0, 0.1) is 0 Å². The second-order valence-electron chi connectivity index (χ2n) is 5.21. The normalized spacial score (nSPS) is 11.5. The number of aromatic hydroxyl groups is 1. The summed E-state index contributed by atoms with van der Waals surface area (Å²) in [5.74, 6) is 0.696. The summed E-state index contributed by atoms with van der Waals surface area (Å²) in [5.41, 5.74) is 2.48. The van der Waals surface area contributed by atoms with Crippen LogP contribution < -0.4 is 4.74 Å². The average Bonchev–Trinajstić information content (AvgIpc) is 3.09. The van der Waals surface area contributed by atoms with Gasteiger partial charge in [-0.15, -0.1) is 10.2 Å². The van der Waals surface area contributed by atoms with Crippen molar-refractivity contribution in [3.8, 4) is 11.5 Å². The van der Waals surface area contributed by atoms with Crippen LogP contribution in [0.2, 0.25) is 0 Å². The Morgan fingerprint density at radius 3 is 2.71 bits per heavy atom. The highest BCUT2D eigenvalue weighted by atomic mass is 16.5. The number of nitrogens with zero attached hydrogens (tertiary/aromatic N) is 4. The Balaban J connectivity index is 1.79. The van der Waals surface area contributed by atoms with E-state index < -0.39 is 0 Å². The number of nitrogens with one attached hydrogen (secondary N) is 1. The number of benzene rings is 3. The van der Waals surface area contributed by atoms with Crippen LogP contribution in [-0.2, 0) is 0 Å². The molecule has 0 saturated heterocycles. The maximum absolute atomic E-state index is 10.4. The van der Waals surface area contributed by atoms with Crippen LogP contribution >= 0.6 is 0 Å². The SMILES string of the molecule is COc1cc(N=Nc2ccc3[nH]nnc3c2)c(O)c2ccccc12. The van der Waals surface area contributed by atoms with Gasteiger partial charge >= 0.3 is 0 Å². The average molecular weight is 319 g/mol. The first-order valence-corrected chi connectivity index (χ1v) is 7.27. The van der Waals surface area contributed by atoms with Crippen molar-refractivity contribution in [3.05, 3.63) is 48.5 Å². The molecule has 1 aromatic heterocycles. The van der Waals surface area contributed by atoms with Gasteiger partial charge < -0.3 is 9.84 Å². The quantitative estimate of drug-likeness (QED) is 0.552. The molecule has 7 heteroatoms. The van der Waals surface area contributed by atoms with Crippen molar-refractivity contribution in [2.45, 2.75) is 0 Å². The molecule has 0 aliphatic rings. The van der Waals surface area contributed by atoms with Gasteiger partial charge in [-0.2, -0.15) is 5.11 Å². The first kappa shape index (κ1) is 14.1. The second-order valence-corrected chi connectivity index (χ2v) is 5.21. The van der Waals surface area contributed by atoms with Crippen molar-refractivity contribution < 1.29 is 9.84 Å². The number of hydrogen-bond acceptors (Lipinski definition) is 6. The molecule has 0 unspecified atom stereocenters. The molecule has 0 aliphatic heterocycles. The largest absolute Gasteiger partial charge is 0.505 e. The number of H-pyrrole nitrogens is 1. The van der Waals surface area contributed by atoms with Crippen molar-refractivity contribution in [3.63, 3.8) is 0 Å². The fourth-order valence-corrected chi connectivity index (χ4v) is 2.56. The standard InChI is InChI=1S/C17H13N5O2/c1-24-16-9-15(17(23)12-5-3-2-4-11(12)16)19-18-10-6-7-13-14(8-10)21-22-20-13/h2-9,23H,1H3,(H,20,21,22). The van der Waals surface area contributed by atoms with Gasteiger partial charge in [-0.05, 0) is 18.2 Å². The van der Waals surface area contributed by atoms with Crippen molar-refractivity contribution in [1.82, 2.24) is 15.4 Å². The number of rotatable bonds is 3. The van der Waals surface area contributed by atoms with Gasteiger partial charge in [-0.25, -0.2) is 0 Å². The maximum atomic E-state index is 10.4. The Morgan fingerprint density at radius 1 is 1.04 bits per heavy atom. The first-order chi connectivity index (χ1) is 11.8. The number of fused-ring (bicyclic) bond motifs is 2. The third kappa shape index (κ3) is 2.32. The van der Waals surface area contributed by atoms with Crippen LogP contribution in [0.5, 0.6) is 11.5 Å². The molecule has 2 N–H and O–H groups in total. The molecule has 0 saturated carbocycles. The first-order valence-electron chi connectivity index (χ1n) is 7.27. The smallest absolute Gasteiger partial charge is 0.151 e. The summed E-state index contributed by atoms with van der Waals surface area (Å²) in [7, 11) is 1.58. The van der Waals surface area contributed by atoms with E-state index in [-0.39, 0.29) is 5.75 Å². The van der Waals surface area contributed by atoms with Gasteiger partial charge in [0, 0.05) is 16.8 Å². The summed E-state index contributed by atoms with van der Waals surface area (Å²) >= 11 is 0. The highest BCUT2D eigenvalue weighted by Gasteiger charge is 2.11. The highest BCUT2D eigenvalue weighted by molar-refractivity contribution is 5.97. The van der Waals surface area contributed by atoms with Crippen LogP contribution in [0.15, 0.2) is 58.8 Å². The van der Waals surface area contributed by atoms with Gasteiger partial charge in [0.25, 0.3) is 0 Å². The van der Waals surface area contributed by atoms with E-state index >= 15 is 0 Å². The zero-order valence-electron chi connectivity index (χ0n) is 12.8. The Bertz CT molecular complexity index is 1070. The number of methoxy groups -OCH3 is 1. The van der Waals surface area contributed by atoms with E-state index in [1.54, 1.807) is 25.3 Å². The van der Waals surface area contributed by atoms with Gasteiger partial charge in [0.2, 0.25) is 0 Å². The number of azo groups is 1. The monoisotopic (exact) mass is 319 g/mol. The molecule has 0 atom stereocenters. The summed E-state index contributed by atoms with van der Waals surface area (Å²) in [6, 6.07) is 14.5. The van der Waals surface area contributed by atoms with E-state index in [2.05, 4.69) is 25.6 Å². The molecular weight excluding hydrogens is 306 g/mol.